The van der Waals surface area contributed by atoms with Gasteiger partial charge in [0, 0.05) is 13.1 Å². The number of nitrogens with one attached hydrogen (secondary N) is 1. The molecule has 0 aromatic carbocycles. The SMILES string of the molecule is CC(C)[C@](C)(C#N)NC(=O)CN(C)CC1CCN(C[C@H](C)O)CC1. The molecule has 1 rings (SSSR count). The number of likely N-dealkylation sites (tertiary alicyclic amines) is 1. The van der Waals surface area contributed by atoms with Gasteiger partial charge in [-0.3, -0.25) is 9.69 Å². The fourth-order valence-corrected chi connectivity index (χ4v) is 3.11. The lowest BCUT2D eigenvalue weighted by atomic mass is 9.90. The van der Waals surface area contributed by atoms with Crippen molar-refractivity contribution < 1.29 is 9.90 Å². The Morgan fingerprint density at radius 3 is 2.46 bits per heavy atom. The largest absolute Gasteiger partial charge is 0.392 e. The second kappa shape index (κ2) is 9.36. The third-order valence-electron chi connectivity index (χ3n) is 5.00. The van der Waals surface area contributed by atoms with Crippen LogP contribution in [0.3, 0.4) is 0 Å². The third kappa shape index (κ3) is 6.76. The zero-order valence-corrected chi connectivity index (χ0v) is 15.9. The average Bonchev–Trinajstić information content (AvgIpc) is 2.48. The maximum absolute atomic E-state index is 12.2. The molecule has 1 saturated heterocycles. The Kier molecular flexibility index (Phi) is 8.14. The molecule has 0 spiro atoms. The summed E-state index contributed by atoms with van der Waals surface area (Å²) in [5.74, 6) is 0.553. The zero-order valence-electron chi connectivity index (χ0n) is 15.9. The van der Waals surface area contributed by atoms with Crippen LogP contribution < -0.4 is 5.32 Å². The summed E-state index contributed by atoms with van der Waals surface area (Å²) >= 11 is 0. The Morgan fingerprint density at radius 1 is 1.42 bits per heavy atom. The number of hydrogen-bond donors (Lipinski definition) is 2. The highest BCUT2D eigenvalue weighted by atomic mass is 16.3. The molecule has 0 radical (unpaired) electrons. The predicted octanol–water partition coefficient (Wildman–Crippen LogP) is 1.07. The van der Waals surface area contributed by atoms with Crippen molar-refractivity contribution in [2.24, 2.45) is 11.8 Å². The van der Waals surface area contributed by atoms with E-state index in [1.54, 1.807) is 6.92 Å². The second-order valence-corrected chi connectivity index (χ2v) is 7.81. The lowest BCUT2D eigenvalue weighted by Gasteiger charge is -2.34. The van der Waals surface area contributed by atoms with Crippen molar-refractivity contribution in [2.75, 3.05) is 39.8 Å². The number of likely N-dealkylation sites (N-methyl/N-ethyl adjacent to an activating group) is 1. The Balaban J connectivity index is 2.35. The summed E-state index contributed by atoms with van der Waals surface area (Å²) in [6.45, 7) is 11.4. The molecule has 1 heterocycles. The first-order chi connectivity index (χ1) is 11.2. The van der Waals surface area contributed by atoms with E-state index in [1.165, 1.54) is 0 Å². The summed E-state index contributed by atoms with van der Waals surface area (Å²) in [5, 5.41) is 21.6. The molecule has 138 valence electrons. The van der Waals surface area contributed by atoms with Crippen LogP contribution in [0.4, 0.5) is 0 Å². The summed E-state index contributed by atoms with van der Waals surface area (Å²) in [6, 6.07) is 2.21. The molecule has 6 nitrogen and oxygen atoms in total. The second-order valence-electron chi connectivity index (χ2n) is 7.81. The first-order valence-electron chi connectivity index (χ1n) is 8.97. The van der Waals surface area contributed by atoms with Crippen LogP contribution in [0.25, 0.3) is 0 Å². The van der Waals surface area contributed by atoms with E-state index in [4.69, 9.17) is 0 Å². The molecule has 24 heavy (non-hydrogen) atoms. The standard InChI is InChI=1S/C18H34N4O2/c1-14(2)18(4,13-19)20-17(24)12-21(5)11-16-6-8-22(9-7-16)10-15(3)23/h14-16,23H,6-12H2,1-5H3,(H,20,24)/t15-,18-/m0/s1. The minimum absolute atomic E-state index is 0.0648. The van der Waals surface area contributed by atoms with Crippen LogP contribution in [0.15, 0.2) is 0 Å². The third-order valence-corrected chi connectivity index (χ3v) is 5.00. The molecule has 1 aliphatic heterocycles. The molecule has 2 atom stereocenters. The van der Waals surface area contributed by atoms with Gasteiger partial charge in [0.1, 0.15) is 5.54 Å². The van der Waals surface area contributed by atoms with Crippen molar-refractivity contribution in [2.45, 2.75) is 52.2 Å². The van der Waals surface area contributed by atoms with Crippen LogP contribution in [0.1, 0.15) is 40.5 Å². The van der Waals surface area contributed by atoms with Gasteiger partial charge in [-0.2, -0.15) is 5.26 Å². The van der Waals surface area contributed by atoms with Crippen molar-refractivity contribution in [3.8, 4) is 6.07 Å². The van der Waals surface area contributed by atoms with Crippen molar-refractivity contribution in [3.63, 3.8) is 0 Å². The molecule has 0 aliphatic carbocycles. The van der Waals surface area contributed by atoms with Gasteiger partial charge >= 0.3 is 0 Å². The molecular weight excluding hydrogens is 304 g/mol. The number of hydrogen-bond acceptors (Lipinski definition) is 5. The van der Waals surface area contributed by atoms with E-state index in [0.29, 0.717) is 12.5 Å². The van der Waals surface area contributed by atoms with Gasteiger partial charge in [-0.1, -0.05) is 13.8 Å². The number of carbonyl (C=O) groups is 1. The summed E-state index contributed by atoms with van der Waals surface area (Å²) in [7, 11) is 1.96. The number of carbonyl (C=O) groups excluding carboxylic acids is 1. The molecule has 0 unspecified atom stereocenters. The molecule has 2 N–H and O–H groups in total. The van der Waals surface area contributed by atoms with Crippen LogP contribution in [-0.4, -0.2) is 72.2 Å². The highest BCUT2D eigenvalue weighted by Crippen LogP contribution is 2.18. The summed E-state index contributed by atoms with van der Waals surface area (Å²) in [4.78, 5) is 16.6. The molecule has 0 bridgehead atoms. The van der Waals surface area contributed by atoms with E-state index in [0.717, 1.165) is 39.0 Å². The molecule has 1 fully saturated rings. The monoisotopic (exact) mass is 338 g/mol. The smallest absolute Gasteiger partial charge is 0.235 e. The van der Waals surface area contributed by atoms with E-state index in [2.05, 4.69) is 16.3 Å². The van der Waals surface area contributed by atoms with Gasteiger partial charge in [0.25, 0.3) is 0 Å². The number of amides is 1. The Hall–Kier alpha value is -1.16. The predicted molar refractivity (Wildman–Crippen MR) is 95.3 cm³/mol. The minimum atomic E-state index is -0.815. The van der Waals surface area contributed by atoms with Crippen LogP contribution in [0, 0.1) is 23.2 Å². The van der Waals surface area contributed by atoms with Gasteiger partial charge in [0.05, 0.1) is 18.7 Å². The molecule has 6 heteroatoms. The fraction of sp³-hybridized carbons (Fsp3) is 0.889. The molecular formula is C18H34N4O2. The van der Waals surface area contributed by atoms with E-state index in [1.807, 2.05) is 32.7 Å². The number of piperidine rings is 1. The number of aliphatic hydroxyl groups is 1. The molecule has 1 aliphatic rings. The zero-order chi connectivity index (χ0) is 18.3. The van der Waals surface area contributed by atoms with Gasteiger partial charge in [-0.15, -0.1) is 0 Å². The number of nitriles is 1. The van der Waals surface area contributed by atoms with Crippen LogP contribution >= 0.6 is 0 Å². The van der Waals surface area contributed by atoms with Crippen molar-refractivity contribution in [1.82, 2.24) is 15.1 Å². The number of nitrogens with zero attached hydrogens (tertiary/aromatic N) is 3. The lowest BCUT2D eigenvalue weighted by molar-refractivity contribution is -0.123. The molecule has 0 aromatic rings. The Morgan fingerprint density at radius 2 is 2.00 bits per heavy atom. The van der Waals surface area contributed by atoms with Gasteiger partial charge in [-0.05, 0) is 58.7 Å². The van der Waals surface area contributed by atoms with Gasteiger partial charge in [0.2, 0.25) is 5.91 Å². The van der Waals surface area contributed by atoms with E-state index in [9.17, 15) is 15.2 Å². The van der Waals surface area contributed by atoms with Gasteiger partial charge < -0.3 is 15.3 Å². The van der Waals surface area contributed by atoms with Crippen molar-refractivity contribution in [3.05, 3.63) is 0 Å². The van der Waals surface area contributed by atoms with Gasteiger partial charge in [-0.25, -0.2) is 0 Å². The Bertz CT molecular complexity index is 439. The lowest BCUT2D eigenvalue weighted by Crippen LogP contribution is -2.52. The topological polar surface area (TPSA) is 79.6 Å². The quantitative estimate of drug-likeness (QED) is 0.692. The van der Waals surface area contributed by atoms with Crippen molar-refractivity contribution >= 4 is 5.91 Å². The van der Waals surface area contributed by atoms with E-state index < -0.39 is 5.54 Å². The van der Waals surface area contributed by atoms with Crippen LogP contribution in [0.2, 0.25) is 0 Å². The highest BCUT2D eigenvalue weighted by Gasteiger charge is 2.30. The first-order valence-corrected chi connectivity index (χ1v) is 8.97. The number of rotatable bonds is 8. The normalized spacial score (nSPS) is 20.6. The van der Waals surface area contributed by atoms with E-state index >= 15 is 0 Å². The Labute approximate surface area is 146 Å². The maximum Gasteiger partial charge on any atom is 0.235 e. The molecule has 1 amide bonds. The first kappa shape index (κ1) is 20.9. The average molecular weight is 338 g/mol. The fourth-order valence-electron chi connectivity index (χ4n) is 3.11. The van der Waals surface area contributed by atoms with E-state index in [-0.39, 0.29) is 17.9 Å². The highest BCUT2D eigenvalue weighted by molar-refractivity contribution is 5.79. The molecule has 0 saturated carbocycles. The number of aliphatic hydroxyl groups excluding tert-OH is 1. The minimum Gasteiger partial charge on any atom is -0.392 e. The summed E-state index contributed by atoms with van der Waals surface area (Å²) in [6.07, 6.45) is 1.92. The molecule has 0 aromatic heterocycles. The summed E-state index contributed by atoms with van der Waals surface area (Å²) < 4.78 is 0. The van der Waals surface area contributed by atoms with Crippen LogP contribution in [-0.2, 0) is 4.79 Å². The summed E-state index contributed by atoms with van der Waals surface area (Å²) in [5.41, 5.74) is -0.815. The van der Waals surface area contributed by atoms with Gasteiger partial charge in [0.15, 0.2) is 0 Å². The van der Waals surface area contributed by atoms with Crippen molar-refractivity contribution in [1.29, 1.82) is 5.26 Å². The maximum atomic E-state index is 12.2. The van der Waals surface area contributed by atoms with Crippen LogP contribution in [0.5, 0.6) is 0 Å². The number of β-amino-alcohol motifs (C(OH)–C–C–N with tert-alkyl or cyclic N) is 1.